The quantitative estimate of drug-likeness (QED) is 0.514. The Balaban J connectivity index is 1.74. The van der Waals surface area contributed by atoms with Crippen molar-refractivity contribution < 1.29 is 19.7 Å². The van der Waals surface area contributed by atoms with Crippen molar-refractivity contribution in [3.05, 3.63) is 107 Å². The molecule has 0 aliphatic carbocycles. The predicted molar refractivity (Wildman–Crippen MR) is 115 cm³/mol. The van der Waals surface area contributed by atoms with E-state index in [-0.39, 0.29) is 5.75 Å². The largest absolute Gasteiger partial charge is 0.504 e. The maximum atomic E-state index is 10.8. The summed E-state index contributed by atoms with van der Waals surface area (Å²) in [5, 5.41) is 19.1. The highest BCUT2D eigenvalue weighted by Crippen LogP contribution is 2.31. The Bertz CT molecular complexity index is 1020. The Morgan fingerprint density at radius 1 is 0.862 bits per heavy atom. The fraction of sp³-hybridized carbons (Fsp3) is 0.0800. The Kier molecular flexibility index (Phi) is 6.85. The molecule has 0 aromatic heterocycles. The molecule has 0 amide bonds. The number of aromatic hydroxyl groups is 1. The van der Waals surface area contributed by atoms with Crippen LogP contribution in [0.5, 0.6) is 11.5 Å². The number of carbonyl (C=O) groups is 1. The van der Waals surface area contributed by atoms with Crippen LogP contribution in [0, 0.1) is 0 Å². The maximum absolute atomic E-state index is 10.8. The summed E-state index contributed by atoms with van der Waals surface area (Å²) in [7, 11) is 0. The van der Waals surface area contributed by atoms with Gasteiger partial charge in [0.15, 0.2) is 11.5 Å². The van der Waals surface area contributed by atoms with Crippen LogP contribution in [0.15, 0.2) is 84.9 Å². The lowest BCUT2D eigenvalue weighted by molar-refractivity contribution is -0.131. The summed E-state index contributed by atoms with van der Waals surface area (Å²) in [5.74, 6) is -0.402. The van der Waals surface area contributed by atoms with Gasteiger partial charge in [0, 0.05) is 11.6 Å². The summed E-state index contributed by atoms with van der Waals surface area (Å²) in [4.78, 5) is 10.8. The molecule has 146 valence electrons. The zero-order chi connectivity index (χ0) is 20.5. The first-order chi connectivity index (χ1) is 14.1. The first-order valence-corrected chi connectivity index (χ1v) is 9.27. The molecule has 3 aromatic rings. The number of carboxylic acid groups (broad SMARTS) is 1. The third-order valence-corrected chi connectivity index (χ3v) is 4.34. The molecular weight excluding hydrogens is 364 g/mol. The number of phenolic OH excluding ortho intramolecular Hbond substituents is 1. The maximum Gasteiger partial charge on any atom is 0.328 e. The molecule has 3 aromatic carbocycles. The van der Waals surface area contributed by atoms with Gasteiger partial charge < -0.3 is 14.9 Å². The van der Waals surface area contributed by atoms with Gasteiger partial charge in [0.1, 0.15) is 6.61 Å². The lowest BCUT2D eigenvalue weighted by atomic mass is 10.0. The van der Waals surface area contributed by atoms with Gasteiger partial charge >= 0.3 is 5.97 Å². The van der Waals surface area contributed by atoms with Crippen molar-refractivity contribution in [2.45, 2.75) is 13.0 Å². The SMILES string of the molecule is O=C(O)C=Cc1ccccc1C=CCc1cccc(O)c1OCc1ccccc1. The van der Waals surface area contributed by atoms with Crippen molar-refractivity contribution in [2.75, 3.05) is 0 Å². The van der Waals surface area contributed by atoms with Gasteiger partial charge in [0.25, 0.3) is 0 Å². The number of para-hydroxylation sites is 1. The van der Waals surface area contributed by atoms with Crippen molar-refractivity contribution in [3.8, 4) is 11.5 Å². The number of carboxylic acids is 1. The highest BCUT2D eigenvalue weighted by atomic mass is 16.5. The Morgan fingerprint density at radius 3 is 2.28 bits per heavy atom. The van der Waals surface area contributed by atoms with Crippen LogP contribution in [0.3, 0.4) is 0 Å². The summed E-state index contributed by atoms with van der Waals surface area (Å²) < 4.78 is 5.89. The smallest absolute Gasteiger partial charge is 0.328 e. The topological polar surface area (TPSA) is 66.8 Å². The van der Waals surface area contributed by atoms with Crippen molar-refractivity contribution in [2.24, 2.45) is 0 Å². The number of hydrogen-bond donors (Lipinski definition) is 2. The monoisotopic (exact) mass is 386 g/mol. The molecule has 0 heterocycles. The van der Waals surface area contributed by atoms with E-state index < -0.39 is 5.97 Å². The lowest BCUT2D eigenvalue weighted by Gasteiger charge is -2.12. The van der Waals surface area contributed by atoms with Crippen LogP contribution in [-0.4, -0.2) is 16.2 Å². The molecule has 0 unspecified atom stereocenters. The van der Waals surface area contributed by atoms with Gasteiger partial charge in [-0.15, -0.1) is 0 Å². The van der Waals surface area contributed by atoms with Gasteiger partial charge in [-0.25, -0.2) is 4.79 Å². The molecule has 0 fully saturated rings. The second-order valence-electron chi connectivity index (χ2n) is 6.45. The number of phenols is 1. The number of benzene rings is 3. The van der Waals surface area contributed by atoms with E-state index in [1.165, 1.54) is 0 Å². The molecule has 0 aliphatic heterocycles. The second kappa shape index (κ2) is 9.95. The van der Waals surface area contributed by atoms with Crippen LogP contribution in [-0.2, 0) is 17.8 Å². The molecule has 3 rings (SSSR count). The lowest BCUT2D eigenvalue weighted by Crippen LogP contribution is -1.98. The van der Waals surface area contributed by atoms with Crippen LogP contribution in [0.25, 0.3) is 12.2 Å². The van der Waals surface area contributed by atoms with E-state index in [4.69, 9.17) is 9.84 Å². The van der Waals surface area contributed by atoms with Crippen molar-refractivity contribution >= 4 is 18.1 Å². The van der Waals surface area contributed by atoms with Crippen LogP contribution < -0.4 is 4.74 Å². The van der Waals surface area contributed by atoms with E-state index in [1.54, 1.807) is 18.2 Å². The number of ether oxygens (including phenoxy) is 1. The molecule has 0 aliphatic rings. The number of rotatable bonds is 8. The van der Waals surface area contributed by atoms with Crippen molar-refractivity contribution in [1.29, 1.82) is 0 Å². The van der Waals surface area contributed by atoms with Crippen LogP contribution in [0.2, 0.25) is 0 Å². The van der Waals surface area contributed by atoms with E-state index in [2.05, 4.69) is 0 Å². The first-order valence-electron chi connectivity index (χ1n) is 9.27. The minimum absolute atomic E-state index is 0.108. The Labute approximate surface area is 170 Å². The third-order valence-electron chi connectivity index (χ3n) is 4.34. The standard InChI is InChI=1S/C25H22O4/c26-23-15-7-14-22(25(23)29-18-19-8-2-1-3-9-19)13-6-12-20-10-4-5-11-21(20)16-17-24(27)28/h1-12,14-17,26H,13,18H2,(H,27,28). The molecule has 0 spiro atoms. The average Bonchev–Trinajstić information content (AvgIpc) is 2.73. The van der Waals surface area contributed by atoms with E-state index >= 15 is 0 Å². The van der Waals surface area contributed by atoms with Crippen LogP contribution in [0.1, 0.15) is 22.3 Å². The van der Waals surface area contributed by atoms with Gasteiger partial charge in [-0.3, -0.25) is 0 Å². The fourth-order valence-corrected chi connectivity index (χ4v) is 2.92. The normalized spacial score (nSPS) is 11.2. The Hall–Kier alpha value is -3.79. The number of aliphatic carboxylic acids is 1. The zero-order valence-electron chi connectivity index (χ0n) is 15.9. The average molecular weight is 386 g/mol. The van der Waals surface area contributed by atoms with Crippen molar-refractivity contribution in [3.63, 3.8) is 0 Å². The third kappa shape index (κ3) is 5.84. The summed E-state index contributed by atoms with van der Waals surface area (Å²) in [6.45, 7) is 0.373. The molecule has 4 nitrogen and oxygen atoms in total. The van der Waals surface area contributed by atoms with E-state index in [1.807, 2.05) is 72.8 Å². The van der Waals surface area contributed by atoms with Gasteiger partial charge in [-0.05, 0) is 35.3 Å². The number of hydrogen-bond acceptors (Lipinski definition) is 3. The molecule has 0 saturated carbocycles. The summed E-state index contributed by atoms with van der Waals surface area (Å²) in [5.41, 5.74) is 3.63. The highest BCUT2D eigenvalue weighted by molar-refractivity contribution is 5.86. The van der Waals surface area contributed by atoms with Crippen molar-refractivity contribution in [1.82, 2.24) is 0 Å². The van der Waals surface area contributed by atoms with Gasteiger partial charge in [-0.1, -0.05) is 78.9 Å². The van der Waals surface area contributed by atoms with E-state index in [9.17, 15) is 9.90 Å². The highest BCUT2D eigenvalue weighted by Gasteiger charge is 2.08. The van der Waals surface area contributed by atoms with E-state index in [0.717, 1.165) is 28.3 Å². The van der Waals surface area contributed by atoms with Gasteiger partial charge in [-0.2, -0.15) is 0 Å². The molecule has 29 heavy (non-hydrogen) atoms. The van der Waals surface area contributed by atoms with Gasteiger partial charge in [0.05, 0.1) is 0 Å². The minimum Gasteiger partial charge on any atom is -0.504 e. The molecule has 2 N–H and O–H groups in total. The van der Waals surface area contributed by atoms with Gasteiger partial charge in [0.2, 0.25) is 0 Å². The summed E-state index contributed by atoms with van der Waals surface area (Å²) >= 11 is 0. The predicted octanol–water partition coefficient (Wildman–Crippen LogP) is 5.32. The van der Waals surface area contributed by atoms with Crippen LogP contribution >= 0.6 is 0 Å². The molecule has 0 atom stereocenters. The van der Waals surface area contributed by atoms with E-state index in [0.29, 0.717) is 18.8 Å². The molecule has 0 radical (unpaired) electrons. The second-order valence-corrected chi connectivity index (χ2v) is 6.45. The molecule has 4 heteroatoms. The summed E-state index contributed by atoms with van der Waals surface area (Å²) in [6, 6.07) is 22.7. The van der Waals surface area contributed by atoms with Crippen LogP contribution in [0.4, 0.5) is 0 Å². The molecular formula is C25H22O4. The summed E-state index contributed by atoms with van der Waals surface area (Å²) in [6.07, 6.45) is 7.17. The zero-order valence-corrected chi connectivity index (χ0v) is 15.9. The molecule has 0 saturated heterocycles. The number of allylic oxidation sites excluding steroid dienone is 1. The minimum atomic E-state index is -0.983. The first kappa shape index (κ1) is 20.0. The Morgan fingerprint density at radius 2 is 1.55 bits per heavy atom. The fourth-order valence-electron chi connectivity index (χ4n) is 2.92. The molecule has 0 bridgehead atoms.